The Morgan fingerprint density at radius 1 is 0.696 bits per heavy atom. The van der Waals surface area contributed by atoms with Crippen LogP contribution in [0, 0.1) is 22.7 Å². The molecule has 0 radical (unpaired) electrons. The van der Waals surface area contributed by atoms with E-state index in [1.54, 1.807) is 0 Å². The second-order valence-electron chi connectivity index (χ2n) is 15.3. The largest absolute Gasteiger partial charge is 0.462 e. The van der Waals surface area contributed by atoms with Crippen molar-refractivity contribution in [2.45, 2.75) is 161 Å². The molecule has 5 fully saturated rings. The number of fused-ring (bicyclic) bond motifs is 3. The zero-order chi connectivity index (χ0) is 34.3. The van der Waals surface area contributed by atoms with Crippen LogP contribution in [-0.4, -0.2) is 86.1 Å². The quantitative estimate of drug-likeness (QED) is 0.144. The molecule has 0 aromatic heterocycles. The Bertz CT molecular complexity index is 1250. The smallest absolute Gasteiger partial charge is 0.303 e. The van der Waals surface area contributed by atoms with E-state index < -0.39 is 84.2 Å². The van der Waals surface area contributed by atoms with Gasteiger partial charge >= 0.3 is 23.9 Å². The van der Waals surface area contributed by atoms with E-state index >= 15 is 0 Å². The van der Waals surface area contributed by atoms with E-state index in [4.69, 9.17) is 32.8 Å². The highest BCUT2D eigenvalue weighted by Crippen LogP contribution is 2.75. The lowest BCUT2D eigenvalue weighted by molar-refractivity contribution is -0.253. The third-order valence-electron chi connectivity index (χ3n) is 13.0. The van der Waals surface area contributed by atoms with Gasteiger partial charge in [-0.15, -0.1) is 0 Å². The first kappa shape index (κ1) is 35.3. The normalized spacial score (nSPS) is 43.6. The van der Waals surface area contributed by atoms with Crippen molar-refractivity contribution in [1.82, 2.24) is 0 Å². The van der Waals surface area contributed by atoms with E-state index in [0.717, 1.165) is 18.1 Å². The van der Waals surface area contributed by atoms with Crippen molar-refractivity contribution in [3.8, 4) is 0 Å². The van der Waals surface area contributed by atoms with Crippen LogP contribution >= 0.6 is 0 Å². The minimum Gasteiger partial charge on any atom is -0.462 e. The maximum Gasteiger partial charge on any atom is 0.303 e. The average molecular weight is 667 g/mol. The Balaban J connectivity index is 1.76. The molecule has 3 aliphatic carbocycles. The maximum absolute atomic E-state index is 13.0. The van der Waals surface area contributed by atoms with Gasteiger partial charge in [0, 0.05) is 45.4 Å². The number of hydrogen-bond acceptors (Lipinski definition) is 11. The molecule has 5 aliphatic rings. The molecule has 0 aromatic carbocycles. The third kappa shape index (κ3) is 4.98. The summed E-state index contributed by atoms with van der Waals surface area (Å²) in [6, 6.07) is 2.82. The van der Waals surface area contributed by atoms with Crippen LogP contribution in [0.1, 0.15) is 95.4 Å². The topological polar surface area (TPSA) is 139 Å². The van der Waals surface area contributed by atoms with Crippen molar-refractivity contribution in [3.05, 3.63) is 0 Å². The fourth-order valence-corrected chi connectivity index (χ4v) is 13.1. The summed E-state index contributed by atoms with van der Waals surface area (Å²) in [5.41, 5.74) is -4.63. The molecule has 0 N–H and O–H groups in total. The zero-order valence-corrected chi connectivity index (χ0v) is 30.5. The lowest BCUT2D eigenvalue weighted by atomic mass is 9.45. The van der Waals surface area contributed by atoms with Gasteiger partial charge in [0.25, 0.3) is 0 Å². The standard InChI is InChI=1S/C34H54O11Si/c1-12-46(13-2,14-3)44-27-17-25(40-19(4)35)31(10)24(33(27)18-39-33)15-23-16-26(41-20(5)36)32(11)34(45-32,30(23,8)9)29(43-22(7)38)28(31)42-21(6)37/h23-29H,12-18H2,1-11H3/t23-,24+,25+,26+,27+,28+,29+,31+,32-,33-,34+/m1/s1. The van der Waals surface area contributed by atoms with Gasteiger partial charge in [0.05, 0.1) is 18.1 Å². The summed E-state index contributed by atoms with van der Waals surface area (Å²) >= 11 is 0. The number of rotatable bonds is 9. The van der Waals surface area contributed by atoms with Gasteiger partial charge in [-0.25, -0.2) is 0 Å². The van der Waals surface area contributed by atoms with Gasteiger partial charge in [0.15, 0.2) is 20.5 Å². The van der Waals surface area contributed by atoms with E-state index in [-0.39, 0.29) is 17.9 Å². The first-order chi connectivity index (χ1) is 21.3. The molecular formula is C34H54O11Si. The molecule has 0 aromatic rings. The van der Waals surface area contributed by atoms with Crippen molar-refractivity contribution in [3.63, 3.8) is 0 Å². The number of carbonyl (C=O) groups excluding carboxylic acids is 4. The monoisotopic (exact) mass is 666 g/mol. The second-order valence-corrected chi connectivity index (χ2v) is 20.1. The van der Waals surface area contributed by atoms with Crippen LogP contribution in [0.5, 0.6) is 0 Å². The molecule has 2 heterocycles. The van der Waals surface area contributed by atoms with Gasteiger partial charge < -0.3 is 32.8 Å². The average Bonchev–Trinajstić information content (AvgIpc) is 3.87. The SMILES string of the molecule is CC[Si](CC)(CC)O[C@H]1C[C@H](OC(C)=O)[C@]2(C)[C@H](C[C@@H]3C[C@H](OC(C)=O)[C@@]4(C)O[C@@]4([C@@H](OC(C)=O)[C@@H]2OC(C)=O)C3(C)C)[C@]12CO2. The van der Waals surface area contributed by atoms with Crippen LogP contribution in [0.3, 0.4) is 0 Å². The zero-order valence-electron chi connectivity index (χ0n) is 29.5. The summed E-state index contributed by atoms with van der Waals surface area (Å²) in [6.07, 6.45) is -2.48. The summed E-state index contributed by atoms with van der Waals surface area (Å²) < 4.78 is 45.2. The van der Waals surface area contributed by atoms with Crippen molar-refractivity contribution in [1.29, 1.82) is 0 Å². The summed E-state index contributed by atoms with van der Waals surface area (Å²) in [5, 5.41) is 0. The molecule has 2 spiro atoms. The van der Waals surface area contributed by atoms with Crippen molar-refractivity contribution in [2.75, 3.05) is 6.61 Å². The van der Waals surface area contributed by atoms with E-state index in [1.807, 2.05) is 13.8 Å². The van der Waals surface area contributed by atoms with Crippen LogP contribution in [0.25, 0.3) is 0 Å². The molecule has 12 heteroatoms. The molecule has 2 bridgehead atoms. The summed E-state index contributed by atoms with van der Waals surface area (Å²) in [6.45, 7) is 20.4. The van der Waals surface area contributed by atoms with Gasteiger partial charge in [-0.3, -0.25) is 19.2 Å². The highest BCUT2D eigenvalue weighted by molar-refractivity contribution is 6.73. The minimum absolute atomic E-state index is 0.101. The Labute approximate surface area is 274 Å². The fourth-order valence-electron chi connectivity index (χ4n) is 10.2. The Hall–Kier alpha value is -2.02. The van der Waals surface area contributed by atoms with E-state index in [1.165, 1.54) is 27.7 Å². The predicted molar refractivity (Wildman–Crippen MR) is 168 cm³/mol. The molecule has 0 unspecified atom stereocenters. The van der Waals surface area contributed by atoms with Crippen molar-refractivity contribution < 1.29 is 52.0 Å². The molecule has 11 atom stereocenters. The highest BCUT2D eigenvalue weighted by atomic mass is 28.4. The van der Waals surface area contributed by atoms with E-state index in [2.05, 4.69) is 34.6 Å². The summed E-state index contributed by atoms with van der Waals surface area (Å²) in [5.74, 6) is -2.47. The van der Waals surface area contributed by atoms with Gasteiger partial charge in [-0.2, -0.15) is 0 Å². The number of ether oxygens (including phenoxy) is 6. The molecule has 46 heavy (non-hydrogen) atoms. The second kappa shape index (κ2) is 11.5. The molecule has 5 rings (SSSR count). The Kier molecular flexibility index (Phi) is 8.86. The van der Waals surface area contributed by atoms with Crippen LogP contribution in [-0.2, 0) is 52.0 Å². The molecule has 2 saturated heterocycles. The summed E-state index contributed by atoms with van der Waals surface area (Å²) in [7, 11) is -2.16. The molecule has 260 valence electrons. The number of carbonyl (C=O) groups is 4. The van der Waals surface area contributed by atoms with Crippen LogP contribution in [0.2, 0.25) is 18.1 Å². The van der Waals surface area contributed by atoms with Gasteiger partial charge in [0.1, 0.15) is 29.0 Å². The molecule has 0 amide bonds. The van der Waals surface area contributed by atoms with Crippen LogP contribution in [0.4, 0.5) is 0 Å². The molecule has 3 saturated carbocycles. The first-order valence-electron chi connectivity index (χ1n) is 17.0. The van der Waals surface area contributed by atoms with Gasteiger partial charge in [-0.1, -0.05) is 41.5 Å². The Morgan fingerprint density at radius 2 is 1.20 bits per heavy atom. The van der Waals surface area contributed by atoms with Crippen LogP contribution < -0.4 is 0 Å². The molecule has 11 nitrogen and oxygen atoms in total. The number of epoxide rings is 2. The lowest BCUT2D eigenvalue weighted by Gasteiger charge is -2.62. The van der Waals surface area contributed by atoms with E-state index in [0.29, 0.717) is 25.9 Å². The Morgan fingerprint density at radius 3 is 1.67 bits per heavy atom. The van der Waals surface area contributed by atoms with E-state index in [9.17, 15) is 19.2 Å². The first-order valence-corrected chi connectivity index (χ1v) is 19.6. The maximum atomic E-state index is 13.0. The van der Waals surface area contributed by atoms with Crippen LogP contribution in [0.15, 0.2) is 0 Å². The molecule has 2 aliphatic heterocycles. The highest BCUT2D eigenvalue weighted by Gasteiger charge is 2.88. The van der Waals surface area contributed by atoms with Crippen molar-refractivity contribution >= 4 is 32.2 Å². The van der Waals surface area contributed by atoms with Crippen molar-refractivity contribution in [2.24, 2.45) is 22.7 Å². The third-order valence-corrected chi connectivity index (χ3v) is 17.6. The minimum atomic E-state index is -2.16. The fraction of sp³-hybridized carbons (Fsp3) is 0.882. The number of esters is 4. The molecular weight excluding hydrogens is 612 g/mol. The summed E-state index contributed by atoms with van der Waals surface area (Å²) in [4.78, 5) is 51.3. The van der Waals surface area contributed by atoms with Gasteiger partial charge in [-0.05, 0) is 43.8 Å². The lowest BCUT2D eigenvalue weighted by Crippen LogP contribution is -2.73. The number of hydrogen-bond donors (Lipinski definition) is 0. The van der Waals surface area contributed by atoms with Gasteiger partial charge in [0.2, 0.25) is 0 Å². The predicted octanol–water partition coefficient (Wildman–Crippen LogP) is 4.88.